The summed E-state index contributed by atoms with van der Waals surface area (Å²) in [6, 6.07) is 9.27. The quantitative estimate of drug-likeness (QED) is 0.418. The second-order valence-corrected chi connectivity index (χ2v) is 4.99. The third kappa shape index (κ3) is 4.95. The van der Waals surface area contributed by atoms with E-state index in [9.17, 15) is 14.9 Å². The van der Waals surface area contributed by atoms with Crippen molar-refractivity contribution in [1.29, 1.82) is 0 Å². The lowest BCUT2D eigenvalue weighted by Crippen LogP contribution is -2.32. The van der Waals surface area contributed by atoms with Crippen LogP contribution in [0, 0.1) is 10.1 Å². The largest absolute Gasteiger partial charge is 0.465 e. The van der Waals surface area contributed by atoms with Crippen LogP contribution in [-0.4, -0.2) is 35.9 Å². The van der Waals surface area contributed by atoms with Gasteiger partial charge < -0.3 is 19.4 Å². The average molecular weight is 386 g/mol. The maximum atomic E-state index is 11.5. The van der Waals surface area contributed by atoms with Gasteiger partial charge in [0.25, 0.3) is 16.9 Å². The highest BCUT2D eigenvalue weighted by Gasteiger charge is 2.17. The molecule has 122 valence electrons. The molecule has 10 heteroatoms. The second-order valence-electron chi connectivity index (χ2n) is 4.19. The molecule has 2 rings (SSSR count). The van der Waals surface area contributed by atoms with Crippen molar-refractivity contribution >= 4 is 21.8 Å². The zero-order valence-electron chi connectivity index (χ0n) is 11.7. The molecular formula is C13H12BrN3O6. The van der Waals surface area contributed by atoms with Crippen LogP contribution in [0.4, 0.5) is 0 Å². The van der Waals surface area contributed by atoms with E-state index < -0.39 is 11.0 Å². The summed E-state index contributed by atoms with van der Waals surface area (Å²) < 4.78 is 10.9. The molecule has 0 bridgehead atoms. The van der Waals surface area contributed by atoms with Gasteiger partial charge in [-0.2, -0.15) is 0 Å². The van der Waals surface area contributed by atoms with E-state index in [2.05, 4.69) is 31.2 Å². The van der Waals surface area contributed by atoms with Crippen molar-refractivity contribution in [3.05, 3.63) is 44.9 Å². The molecule has 0 aliphatic rings. The van der Waals surface area contributed by atoms with E-state index in [1.807, 2.05) is 30.3 Å². The molecule has 23 heavy (non-hydrogen) atoms. The van der Waals surface area contributed by atoms with Gasteiger partial charge in [0.15, 0.2) is 12.4 Å². The van der Waals surface area contributed by atoms with Crippen molar-refractivity contribution < 1.29 is 24.0 Å². The van der Waals surface area contributed by atoms with Crippen LogP contribution in [0.25, 0.3) is 11.3 Å². The molecule has 0 atom stereocenters. The van der Waals surface area contributed by atoms with Crippen molar-refractivity contribution in [2.75, 3.05) is 19.8 Å². The van der Waals surface area contributed by atoms with E-state index in [0.29, 0.717) is 10.2 Å². The van der Waals surface area contributed by atoms with Gasteiger partial charge in [-0.1, -0.05) is 30.3 Å². The minimum absolute atomic E-state index is 0.00156. The maximum Gasteiger partial charge on any atom is 0.294 e. The summed E-state index contributed by atoms with van der Waals surface area (Å²) >= 11 is 3.31. The molecule has 0 fully saturated rings. The molecule has 1 aromatic heterocycles. The van der Waals surface area contributed by atoms with Gasteiger partial charge in [0.05, 0.1) is 0 Å². The summed E-state index contributed by atoms with van der Waals surface area (Å²) in [5.74, 6) is 0.161. The number of nitrogens with one attached hydrogen (secondary N) is 1. The van der Waals surface area contributed by atoms with Crippen molar-refractivity contribution in [2.45, 2.75) is 0 Å². The number of nitrogens with zero attached hydrogens (tertiary/aromatic N) is 2. The number of hydrogen-bond donors (Lipinski definition) is 1. The average Bonchev–Trinajstić information content (AvgIpc) is 2.91. The van der Waals surface area contributed by atoms with E-state index in [1.54, 1.807) is 0 Å². The number of carbonyl (C=O) groups excluding carboxylic acids is 1. The van der Waals surface area contributed by atoms with Gasteiger partial charge in [-0.25, -0.2) is 0 Å². The first-order valence-corrected chi connectivity index (χ1v) is 7.24. The predicted molar refractivity (Wildman–Crippen MR) is 81.1 cm³/mol. The second kappa shape index (κ2) is 8.13. The number of hydrogen-bond acceptors (Lipinski definition) is 7. The molecule has 0 saturated carbocycles. The van der Waals surface area contributed by atoms with Crippen LogP contribution < -0.4 is 10.1 Å². The van der Waals surface area contributed by atoms with Crippen molar-refractivity contribution in [3.63, 3.8) is 0 Å². The predicted octanol–water partition coefficient (Wildman–Crippen LogP) is 1.81. The van der Waals surface area contributed by atoms with Gasteiger partial charge in [-0.05, 0) is 21.1 Å². The molecule has 2 aromatic rings. The third-order valence-corrected chi connectivity index (χ3v) is 3.30. The summed E-state index contributed by atoms with van der Waals surface area (Å²) in [4.78, 5) is 25.5. The number of halogens is 1. The Kier molecular flexibility index (Phi) is 5.92. The van der Waals surface area contributed by atoms with Gasteiger partial charge in [0.2, 0.25) is 0 Å². The van der Waals surface area contributed by atoms with Crippen LogP contribution in [0.1, 0.15) is 0 Å². The Morgan fingerprint density at radius 1 is 1.39 bits per heavy atom. The van der Waals surface area contributed by atoms with Crippen LogP contribution in [0.3, 0.4) is 0 Å². The summed E-state index contributed by atoms with van der Waals surface area (Å²) in [5, 5.41) is 15.1. The van der Waals surface area contributed by atoms with Crippen LogP contribution in [0.5, 0.6) is 5.88 Å². The highest BCUT2D eigenvalue weighted by Crippen LogP contribution is 2.35. The molecule has 0 aliphatic carbocycles. The van der Waals surface area contributed by atoms with Crippen molar-refractivity contribution in [3.8, 4) is 17.2 Å². The minimum Gasteiger partial charge on any atom is -0.465 e. The highest BCUT2D eigenvalue weighted by molar-refractivity contribution is 9.10. The van der Waals surface area contributed by atoms with Gasteiger partial charge in [0, 0.05) is 12.1 Å². The Bertz CT molecular complexity index is 676. The number of ether oxygens (including phenoxy) is 1. The highest BCUT2D eigenvalue weighted by atomic mass is 79.9. The van der Waals surface area contributed by atoms with Gasteiger partial charge in [-0.3, -0.25) is 4.79 Å². The normalized spacial score (nSPS) is 10.1. The zero-order chi connectivity index (χ0) is 16.7. The maximum absolute atomic E-state index is 11.5. The Balaban J connectivity index is 1.84. The fraction of sp³-hybridized carbons (Fsp3) is 0.231. The van der Waals surface area contributed by atoms with E-state index in [1.165, 1.54) is 0 Å². The standard InChI is InChI=1S/C13H12BrN3O6/c14-11-12(9-4-2-1-3-5-9)23-16-13(11)21-8-10(18)15-6-7-22-17(19)20/h1-5H,6-8H2,(H,15,18). The Morgan fingerprint density at radius 3 is 2.83 bits per heavy atom. The third-order valence-electron chi connectivity index (χ3n) is 2.60. The van der Waals surface area contributed by atoms with Crippen LogP contribution >= 0.6 is 15.9 Å². The summed E-state index contributed by atoms with van der Waals surface area (Å²) in [7, 11) is 0. The molecule has 0 radical (unpaired) electrons. The summed E-state index contributed by atoms with van der Waals surface area (Å²) in [5.41, 5.74) is 0.808. The Morgan fingerprint density at radius 2 is 2.13 bits per heavy atom. The number of rotatable bonds is 8. The van der Waals surface area contributed by atoms with E-state index in [4.69, 9.17) is 9.26 Å². The lowest BCUT2D eigenvalue weighted by atomic mass is 10.2. The molecule has 0 aliphatic heterocycles. The fourth-order valence-electron chi connectivity index (χ4n) is 1.62. The molecule has 1 heterocycles. The monoisotopic (exact) mass is 385 g/mol. The van der Waals surface area contributed by atoms with Crippen molar-refractivity contribution in [2.24, 2.45) is 0 Å². The number of amides is 1. The summed E-state index contributed by atoms with van der Waals surface area (Å²) in [6.07, 6.45) is 0. The SMILES string of the molecule is O=C(COc1noc(-c2ccccc2)c1Br)NCCO[N+](=O)[O-]. The summed E-state index contributed by atoms with van der Waals surface area (Å²) in [6.45, 7) is -0.541. The van der Waals surface area contributed by atoms with Gasteiger partial charge >= 0.3 is 0 Å². The van der Waals surface area contributed by atoms with Gasteiger partial charge in [-0.15, -0.1) is 10.1 Å². The molecule has 1 amide bonds. The molecule has 9 nitrogen and oxygen atoms in total. The van der Waals surface area contributed by atoms with E-state index in [-0.39, 0.29) is 25.6 Å². The Labute approximate surface area is 138 Å². The molecular weight excluding hydrogens is 374 g/mol. The number of carbonyl (C=O) groups is 1. The number of aromatic nitrogens is 1. The topological polar surface area (TPSA) is 117 Å². The first kappa shape index (κ1) is 16.7. The first-order valence-electron chi connectivity index (χ1n) is 6.45. The molecule has 0 unspecified atom stereocenters. The smallest absolute Gasteiger partial charge is 0.294 e. The number of benzene rings is 1. The lowest BCUT2D eigenvalue weighted by molar-refractivity contribution is -0.757. The van der Waals surface area contributed by atoms with Crippen molar-refractivity contribution in [1.82, 2.24) is 10.5 Å². The first-order chi connectivity index (χ1) is 11.1. The van der Waals surface area contributed by atoms with Gasteiger partial charge in [0.1, 0.15) is 11.1 Å². The van der Waals surface area contributed by atoms with E-state index in [0.717, 1.165) is 5.56 Å². The zero-order valence-corrected chi connectivity index (χ0v) is 13.3. The lowest BCUT2D eigenvalue weighted by Gasteiger charge is -2.04. The minimum atomic E-state index is -0.930. The van der Waals surface area contributed by atoms with Crippen LogP contribution in [-0.2, 0) is 9.63 Å². The molecule has 1 aromatic carbocycles. The molecule has 1 N–H and O–H groups in total. The molecule has 0 saturated heterocycles. The molecule has 0 spiro atoms. The Hall–Kier alpha value is -2.62. The van der Waals surface area contributed by atoms with E-state index >= 15 is 0 Å². The fourth-order valence-corrected chi connectivity index (χ4v) is 2.11. The van der Waals surface area contributed by atoms with Crippen LogP contribution in [0.2, 0.25) is 0 Å². The van der Waals surface area contributed by atoms with Crippen LogP contribution in [0.15, 0.2) is 39.3 Å².